The van der Waals surface area contributed by atoms with Gasteiger partial charge in [-0.3, -0.25) is 15.0 Å². The Hall–Kier alpha value is -2.67. The molecule has 0 saturated heterocycles. The van der Waals surface area contributed by atoms with Crippen molar-refractivity contribution in [2.24, 2.45) is 0 Å². The number of hydrazine groups is 1. The van der Waals surface area contributed by atoms with Gasteiger partial charge in [-0.25, -0.2) is 19.9 Å². The van der Waals surface area contributed by atoms with Gasteiger partial charge < -0.3 is 10.1 Å². The highest BCUT2D eigenvalue weighted by Crippen LogP contribution is 2.32. The molecule has 16 heteroatoms. The van der Waals surface area contributed by atoms with E-state index in [2.05, 4.69) is 25.6 Å². The molecular weight excluding hydrogens is 723 g/mol. The molecule has 3 rings (SSSR count). The number of aromatic nitrogens is 3. The third-order valence-corrected chi connectivity index (χ3v) is 5.94. The highest BCUT2D eigenvalue weighted by Gasteiger charge is 2.37. The summed E-state index contributed by atoms with van der Waals surface area (Å²) in [6.45, 7) is 0. The normalized spacial score (nSPS) is 11.1. The molecule has 10 nitrogen and oxygen atoms in total. The number of pyridine rings is 1. The number of hydrogen-bond acceptors (Lipinski definition) is 6. The van der Waals surface area contributed by atoms with Crippen LogP contribution in [0.25, 0.3) is 5.82 Å². The summed E-state index contributed by atoms with van der Waals surface area (Å²) in [7, 11) is 1.09. The number of benzene rings is 1. The van der Waals surface area contributed by atoms with Crippen molar-refractivity contribution >= 4 is 80.4 Å². The number of carbonyl (C=O) groups is 3. The average molecular weight is 735 g/mol. The molecule has 3 N–H and O–H groups in total. The number of carbonyl (C=O) groups excluding carboxylic acids is 3. The molecule has 0 spiro atoms. The van der Waals surface area contributed by atoms with E-state index in [1.54, 1.807) is 6.07 Å². The molecule has 0 atom stereocenters. The molecular formula is C19H12ClF3I2N6O4. The third kappa shape index (κ3) is 6.31. The molecule has 184 valence electrons. The summed E-state index contributed by atoms with van der Waals surface area (Å²) >= 11 is 9.84. The highest BCUT2D eigenvalue weighted by atomic mass is 127. The Bertz CT molecular complexity index is 1320. The van der Waals surface area contributed by atoms with Crippen LogP contribution in [-0.2, 0) is 10.9 Å². The molecule has 0 bridgehead atoms. The van der Waals surface area contributed by atoms with Gasteiger partial charge in [0.2, 0.25) is 0 Å². The van der Waals surface area contributed by atoms with Crippen molar-refractivity contribution in [1.82, 2.24) is 25.6 Å². The van der Waals surface area contributed by atoms with Crippen molar-refractivity contribution < 1.29 is 32.3 Å². The molecule has 2 aromatic heterocycles. The number of amides is 3. The molecule has 0 saturated carbocycles. The summed E-state index contributed by atoms with van der Waals surface area (Å²) in [6.07, 6.45) is -4.53. The first kappa shape index (κ1) is 26.9. The number of rotatable bonds is 4. The van der Waals surface area contributed by atoms with Gasteiger partial charge in [0.15, 0.2) is 11.5 Å². The van der Waals surface area contributed by atoms with E-state index >= 15 is 0 Å². The molecule has 0 fully saturated rings. The Morgan fingerprint density at radius 2 is 1.83 bits per heavy atom. The molecule has 0 unspecified atom stereocenters. The zero-order valence-electron chi connectivity index (χ0n) is 17.2. The standard InChI is InChI=1S/C19H12ClF3I2N6O4/c1-35-18(34)29-28-16(32)9-5-8(24)6-11(25)14(9)27-17(33)12-7-13(19(21,22)23)30-31(12)15-10(20)3-2-4-26-15/h2-7H,1H3,(H,27,33)(H,28,32)(H,29,34). The lowest BCUT2D eigenvalue weighted by molar-refractivity contribution is -0.141. The van der Waals surface area contributed by atoms with Crippen LogP contribution >= 0.6 is 56.8 Å². The van der Waals surface area contributed by atoms with Crippen LogP contribution in [0.1, 0.15) is 26.5 Å². The molecule has 3 aromatic rings. The Kier molecular flexibility index (Phi) is 8.42. The van der Waals surface area contributed by atoms with E-state index in [0.29, 0.717) is 17.9 Å². The van der Waals surface area contributed by atoms with E-state index in [1.165, 1.54) is 24.4 Å². The lowest BCUT2D eigenvalue weighted by atomic mass is 10.1. The van der Waals surface area contributed by atoms with Crippen molar-refractivity contribution in [3.63, 3.8) is 0 Å². The molecule has 35 heavy (non-hydrogen) atoms. The Morgan fingerprint density at radius 3 is 2.46 bits per heavy atom. The topological polar surface area (TPSA) is 127 Å². The minimum absolute atomic E-state index is 0.0198. The van der Waals surface area contributed by atoms with Gasteiger partial charge in [-0.2, -0.15) is 18.3 Å². The Morgan fingerprint density at radius 1 is 1.11 bits per heavy atom. The number of nitrogens with zero attached hydrogens (tertiary/aromatic N) is 3. The third-order valence-electron chi connectivity index (χ3n) is 4.17. The average Bonchev–Trinajstić information content (AvgIpc) is 3.25. The van der Waals surface area contributed by atoms with Crippen LogP contribution in [0, 0.1) is 7.14 Å². The Labute approximate surface area is 227 Å². The highest BCUT2D eigenvalue weighted by molar-refractivity contribution is 14.1. The van der Waals surface area contributed by atoms with E-state index in [4.69, 9.17) is 11.6 Å². The maximum Gasteiger partial charge on any atom is 0.435 e. The summed E-state index contributed by atoms with van der Waals surface area (Å²) in [5, 5.41) is 5.87. The first-order chi connectivity index (χ1) is 16.4. The quantitative estimate of drug-likeness (QED) is 0.270. The maximum absolute atomic E-state index is 13.4. The van der Waals surface area contributed by atoms with Crippen molar-refractivity contribution in [2.75, 3.05) is 12.4 Å². The van der Waals surface area contributed by atoms with E-state index < -0.39 is 35.5 Å². The molecule has 1 aromatic carbocycles. The van der Waals surface area contributed by atoms with Crippen molar-refractivity contribution in [3.8, 4) is 5.82 Å². The predicted molar refractivity (Wildman–Crippen MR) is 134 cm³/mol. The maximum atomic E-state index is 13.4. The second kappa shape index (κ2) is 10.9. The van der Waals surface area contributed by atoms with Crippen molar-refractivity contribution in [1.29, 1.82) is 0 Å². The summed E-state index contributed by atoms with van der Waals surface area (Å²) in [4.78, 5) is 41.0. The van der Waals surface area contributed by atoms with E-state index in [1.807, 2.05) is 50.6 Å². The zero-order valence-corrected chi connectivity index (χ0v) is 22.3. The fourth-order valence-electron chi connectivity index (χ4n) is 2.66. The lowest BCUT2D eigenvalue weighted by Gasteiger charge is -2.15. The van der Waals surface area contributed by atoms with Crippen LogP contribution in [0.3, 0.4) is 0 Å². The fraction of sp³-hybridized carbons (Fsp3) is 0.105. The zero-order chi connectivity index (χ0) is 25.9. The second-order valence-corrected chi connectivity index (χ2v) is 9.28. The fourth-order valence-corrected chi connectivity index (χ4v) is 4.84. The summed E-state index contributed by atoms with van der Waals surface area (Å²) in [6, 6.07) is 6.40. The van der Waals surface area contributed by atoms with Crippen LogP contribution in [0.2, 0.25) is 5.02 Å². The number of halogens is 6. The predicted octanol–water partition coefficient (Wildman–Crippen LogP) is 4.40. The van der Waals surface area contributed by atoms with Crippen molar-refractivity contribution in [2.45, 2.75) is 6.18 Å². The summed E-state index contributed by atoms with van der Waals surface area (Å²) < 4.78 is 46.2. The molecule has 2 heterocycles. The SMILES string of the molecule is COC(=O)NNC(=O)c1cc(I)cc(I)c1NC(=O)c1cc(C(F)(F)F)nn1-c1ncccc1Cl. The van der Waals surface area contributed by atoms with Crippen molar-refractivity contribution in [3.05, 3.63) is 65.6 Å². The molecule has 0 aliphatic heterocycles. The van der Waals surface area contributed by atoms with E-state index in [-0.39, 0.29) is 22.1 Å². The van der Waals surface area contributed by atoms with Gasteiger partial charge in [0.25, 0.3) is 11.8 Å². The van der Waals surface area contributed by atoms with E-state index in [9.17, 15) is 27.6 Å². The Balaban J connectivity index is 2.04. The molecule has 0 aliphatic rings. The molecule has 0 radical (unpaired) electrons. The minimum atomic E-state index is -4.86. The van der Waals surface area contributed by atoms with Crippen LogP contribution in [0.4, 0.5) is 23.7 Å². The summed E-state index contributed by atoms with van der Waals surface area (Å²) in [5.74, 6) is -2.05. The van der Waals surface area contributed by atoms with Gasteiger partial charge in [0.1, 0.15) is 5.69 Å². The molecule has 0 aliphatic carbocycles. The van der Waals surface area contributed by atoms with Gasteiger partial charge in [-0.05, 0) is 69.4 Å². The monoisotopic (exact) mass is 734 g/mol. The number of anilines is 1. The van der Waals surface area contributed by atoms with Crippen LogP contribution in [0.5, 0.6) is 0 Å². The number of ether oxygens (including phenoxy) is 1. The number of hydrogen-bond donors (Lipinski definition) is 3. The minimum Gasteiger partial charge on any atom is -0.452 e. The lowest BCUT2D eigenvalue weighted by Crippen LogP contribution is -2.42. The molecule has 3 amide bonds. The second-order valence-electron chi connectivity index (χ2n) is 6.47. The smallest absolute Gasteiger partial charge is 0.435 e. The number of methoxy groups -OCH3 is 1. The number of alkyl halides is 3. The first-order valence-corrected chi connectivity index (χ1v) is 11.7. The van der Waals surface area contributed by atoms with Gasteiger partial charge in [-0.15, -0.1) is 0 Å². The first-order valence-electron chi connectivity index (χ1n) is 9.15. The van der Waals surface area contributed by atoms with E-state index in [0.717, 1.165) is 7.11 Å². The summed E-state index contributed by atoms with van der Waals surface area (Å²) in [5.41, 5.74) is 2.13. The van der Waals surface area contributed by atoms with Gasteiger partial charge in [0, 0.05) is 19.4 Å². The van der Waals surface area contributed by atoms with Gasteiger partial charge in [0.05, 0.1) is 23.4 Å². The van der Waals surface area contributed by atoms with Gasteiger partial charge in [-0.1, -0.05) is 11.6 Å². The van der Waals surface area contributed by atoms with Crippen LogP contribution in [-0.4, -0.2) is 39.8 Å². The van der Waals surface area contributed by atoms with Gasteiger partial charge >= 0.3 is 12.3 Å². The van der Waals surface area contributed by atoms with Crippen LogP contribution in [0.15, 0.2) is 36.5 Å². The largest absolute Gasteiger partial charge is 0.452 e. The van der Waals surface area contributed by atoms with Crippen LogP contribution < -0.4 is 16.2 Å². The number of nitrogens with one attached hydrogen (secondary N) is 3.